The molecule has 0 fully saturated rings. The Balaban J connectivity index is 0.00000132. The average Bonchev–Trinajstić information content (AvgIpc) is 3.29. The third-order valence-electron chi connectivity index (χ3n) is 3.73. The molecule has 0 radical (unpaired) electrons. The highest BCUT2D eigenvalue weighted by Gasteiger charge is 2.14. The fraction of sp³-hybridized carbons (Fsp3) is 0.143. The minimum Gasteiger partial charge on any atom is -0.470 e. The second-order valence-corrected chi connectivity index (χ2v) is 7.11. The second kappa shape index (κ2) is 11.1. The van der Waals surface area contributed by atoms with E-state index in [1.54, 1.807) is 18.6 Å². The molecule has 1 amide bonds. The lowest BCUT2D eigenvalue weighted by atomic mass is 10.2. The second-order valence-electron chi connectivity index (χ2n) is 5.72. The predicted molar refractivity (Wildman–Crippen MR) is 120 cm³/mol. The fourth-order valence-corrected chi connectivity index (χ4v) is 3.30. The van der Waals surface area contributed by atoms with Gasteiger partial charge in [0.2, 0.25) is 11.0 Å². The van der Waals surface area contributed by atoms with Gasteiger partial charge < -0.3 is 4.74 Å². The number of anilines is 1. The van der Waals surface area contributed by atoms with Gasteiger partial charge in [0.15, 0.2) is 0 Å². The Morgan fingerprint density at radius 3 is 2.61 bits per heavy atom. The summed E-state index contributed by atoms with van der Waals surface area (Å²) in [5.74, 6) is -0.169. The lowest BCUT2D eigenvalue weighted by Crippen LogP contribution is -2.12. The molecule has 10 heteroatoms. The summed E-state index contributed by atoms with van der Waals surface area (Å²) in [6.07, 6.45) is 6.40. The van der Waals surface area contributed by atoms with Crippen molar-refractivity contribution in [3.63, 3.8) is 0 Å². The number of nitrogens with one attached hydrogen (secondary N) is 1. The first-order chi connectivity index (χ1) is 15.2. The van der Waals surface area contributed by atoms with E-state index >= 15 is 0 Å². The molecule has 0 atom stereocenters. The van der Waals surface area contributed by atoms with E-state index in [4.69, 9.17) is 16.3 Å². The number of hydrogen-bond donors (Lipinski definition) is 1. The molecule has 4 aromatic rings. The molecule has 31 heavy (non-hydrogen) atoms. The summed E-state index contributed by atoms with van der Waals surface area (Å²) in [7, 11) is 0. The minimum absolute atomic E-state index is 0.224. The van der Waals surface area contributed by atoms with Crippen molar-refractivity contribution in [3.05, 3.63) is 77.5 Å². The van der Waals surface area contributed by atoms with Crippen molar-refractivity contribution in [2.75, 3.05) is 5.32 Å². The molecule has 0 unspecified atom stereocenters. The lowest BCUT2D eigenvalue weighted by molar-refractivity contribution is 0.102. The third kappa shape index (κ3) is 6.03. The van der Waals surface area contributed by atoms with Crippen LogP contribution < -0.4 is 10.1 Å². The predicted octanol–water partition coefficient (Wildman–Crippen LogP) is 4.90. The van der Waals surface area contributed by atoms with E-state index in [1.807, 2.05) is 44.2 Å². The maximum atomic E-state index is 12.5. The van der Waals surface area contributed by atoms with Gasteiger partial charge >= 0.3 is 0 Å². The first kappa shape index (κ1) is 22.3. The van der Waals surface area contributed by atoms with Crippen molar-refractivity contribution in [2.24, 2.45) is 0 Å². The molecule has 4 rings (SSSR count). The molecule has 1 N–H and O–H groups in total. The summed E-state index contributed by atoms with van der Waals surface area (Å²) in [5.41, 5.74) is 1.89. The van der Waals surface area contributed by atoms with E-state index in [0.717, 1.165) is 11.3 Å². The summed E-state index contributed by atoms with van der Waals surface area (Å²) in [4.78, 5) is 24.7. The number of carbonyl (C=O) groups excluding carboxylic acids is 1. The van der Waals surface area contributed by atoms with Gasteiger partial charge in [-0.3, -0.25) is 20.1 Å². The zero-order chi connectivity index (χ0) is 22.1. The molecule has 0 saturated carbocycles. The molecular formula is C21H19ClN6O2S. The van der Waals surface area contributed by atoms with Crippen LogP contribution in [-0.4, -0.2) is 31.1 Å². The van der Waals surface area contributed by atoms with Crippen LogP contribution >= 0.6 is 22.9 Å². The first-order valence-electron chi connectivity index (χ1n) is 9.42. The normalized spacial score (nSPS) is 10.0. The summed E-state index contributed by atoms with van der Waals surface area (Å²) >= 11 is 7.46. The van der Waals surface area contributed by atoms with Crippen LogP contribution in [0.15, 0.2) is 61.2 Å². The third-order valence-corrected chi connectivity index (χ3v) is 4.88. The smallest absolute Gasteiger partial charge is 0.259 e. The van der Waals surface area contributed by atoms with E-state index in [9.17, 15) is 4.79 Å². The van der Waals surface area contributed by atoms with Crippen LogP contribution in [0.4, 0.5) is 5.13 Å². The van der Waals surface area contributed by atoms with E-state index in [2.05, 4.69) is 30.5 Å². The Kier molecular flexibility index (Phi) is 7.97. The molecule has 0 aliphatic heterocycles. The molecule has 4 heterocycles. The van der Waals surface area contributed by atoms with Gasteiger partial charge in [-0.05, 0) is 30.3 Å². The highest BCUT2D eigenvalue weighted by molar-refractivity contribution is 7.18. The van der Waals surface area contributed by atoms with Crippen LogP contribution in [0.1, 0.15) is 29.9 Å². The Morgan fingerprint density at radius 1 is 1.10 bits per heavy atom. The van der Waals surface area contributed by atoms with Crippen LogP contribution in [-0.2, 0) is 6.61 Å². The number of aromatic nitrogens is 5. The molecule has 0 bridgehead atoms. The SMILES string of the molecule is CC.O=C(Nc1nnc(-c2ccncc2)s1)c1cnc(OCc2ccccn2)c(Cl)c1. The van der Waals surface area contributed by atoms with Crippen molar-refractivity contribution < 1.29 is 9.53 Å². The summed E-state index contributed by atoms with van der Waals surface area (Å²) in [6, 6.07) is 10.6. The number of amides is 1. The van der Waals surface area contributed by atoms with Crippen molar-refractivity contribution in [3.8, 4) is 16.5 Å². The fourth-order valence-electron chi connectivity index (χ4n) is 2.34. The maximum Gasteiger partial charge on any atom is 0.259 e. The summed E-state index contributed by atoms with van der Waals surface area (Å²) in [5, 5.41) is 12.0. The van der Waals surface area contributed by atoms with E-state index < -0.39 is 5.91 Å². The number of ether oxygens (including phenoxy) is 1. The Morgan fingerprint density at radius 2 is 1.90 bits per heavy atom. The van der Waals surface area contributed by atoms with Gasteiger partial charge in [0.1, 0.15) is 16.6 Å². The van der Waals surface area contributed by atoms with Crippen molar-refractivity contribution in [2.45, 2.75) is 20.5 Å². The number of halogens is 1. The van der Waals surface area contributed by atoms with Crippen LogP contribution in [0, 0.1) is 0 Å². The first-order valence-corrected chi connectivity index (χ1v) is 10.6. The topological polar surface area (TPSA) is 103 Å². The number of nitrogens with zero attached hydrogens (tertiary/aromatic N) is 5. The van der Waals surface area contributed by atoms with Crippen LogP contribution in [0.25, 0.3) is 10.6 Å². The Bertz CT molecular complexity index is 1130. The number of rotatable bonds is 6. The van der Waals surface area contributed by atoms with Crippen LogP contribution in [0.2, 0.25) is 5.02 Å². The molecule has 0 aliphatic carbocycles. The van der Waals surface area contributed by atoms with Crippen LogP contribution in [0.3, 0.4) is 0 Å². The molecule has 4 aromatic heterocycles. The molecule has 8 nitrogen and oxygen atoms in total. The summed E-state index contributed by atoms with van der Waals surface area (Å²) < 4.78 is 5.57. The molecule has 0 aliphatic rings. The van der Waals surface area contributed by atoms with Crippen molar-refractivity contribution in [1.29, 1.82) is 0 Å². The van der Waals surface area contributed by atoms with Gasteiger partial charge in [0.25, 0.3) is 5.91 Å². The minimum atomic E-state index is -0.395. The van der Waals surface area contributed by atoms with Crippen LogP contribution in [0.5, 0.6) is 5.88 Å². The van der Waals surface area contributed by atoms with Gasteiger partial charge in [-0.15, -0.1) is 10.2 Å². The highest BCUT2D eigenvalue weighted by Crippen LogP contribution is 2.27. The Labute approximate surface area is 188 Å². The van der Waals surface area contributed by atoms with Crippen molar-refractivity contribution >= 4 is 34.0 Å². The quantitative estimate of drug-likeness (QED) is 0.441. The molecule has 0 aromatic carbocycles. The number of pyridine rings is 3. The van der Waals surface area contributed by atoms with Gasteiger partial charge in [-0.2, -0.15) is 0 Å². The number of carbonyl (C=O) groups is 1. The largest absolute Gasteiger partial charge is 0.470 e. The molecular weight excluding hydrogens is 436 g/mol. The van der Waals surface area contributed by atoms with Gasteiger partial charge in [0.05, 0.1) is 11.3 Å². The molecule has 0 saturated heterocycles. The lowest BCUT2D eigenvalue weighted by Gasteiger charge is -2.08. The van der Waals surface area contributed by atoms with Crippen molar-refractivity contribution in [1.82, 2.24) is 25.1 Å². The standard InChI is InChI=1S/C19H13ClN6O2S.C2H6/c20-15-9-13(10-23-17(15)28-11-14-3-1-2-6-22-14)16(27)24-19-26-25-18(29-19)12-4-7-21-8-5-12;1-2/h1-10H,11H2,(H,24,26,27);1-2H3. The Hall–Kier alpha value is -3.43. The number of hydrogen-bond acceptors (Lipinski definition) is 8. The van der Waals surface area contributed by atoms with E-state index in [1.165, 1.54) is 23.6 Å². The monoisotopic (exact) mass is 454 g/mol. The zero-order valence-electron chi connectivity index (χ0n) is 16.8. The molecule has 158 valence electrons. The summed E-state index contributed by atoms with van der Waals surface area (Å²) in [6.45, 7) is 4.22. The van der Waals surface area contributed by atoms with Gasteiger partial charge in [-0.25, -0.2) is 4.98 Å². The van der Waals surface area contributed by atoms with E-state index in [0.29, 0.717) is 10.1 Å². The average molecular weight is 455 g/mol. The maximum absolute atomic E-state index is 12.5. The van der Waals surface area contributed by atoms with Gasteiger partial charge in [0, 0.05) is 30.4 Å². The highest BCUT2D eigenvalue weighted by atomic mass is 35.5. The van der Waals surface area contributed by atoms with Gasteiger partial charge in [-0.1, -0.05) is 42.9 Å². The zero-order valence-corrected chi connectivity index (χ0v) is 18.4. The van der Waals surface area contributed by atoms with E-state index in [-0.39, 0.29) is 23.1 Å². The molecule has 0 spiro atoms.